The van der Waals surface area contributed by atoms with Crippen molar-refractivity contribution in [3.05, 3.63) is 59.7 Å². The van der Waals surface area contributed by atoms with Crippen LogP contribution >= 0.6 is 0 Å². The molecule has 0 aliphatic rings. The van der Waals surface area contributed by atoms with Crippen LogP contribution < -0.4 is 4.90 Å². The largest absolute Gasteiger partial charge is 0.372 e. The smallest absolute Gasteiger partial charge is 0.175 e. The highest BCUT2D eigenvalue weighted by Gasteiger charge is 2.06. The maximum Gasteiger partial charge on any atom is 0.175 e. The molecule has 0 radical (unpaired) electrons. The zero-order valence-corrected chi connectivity index (χ0v) is 17.5. The van der Waals surface area contributed by atoms with Crippen molar-refractivity contribution >= 4 is 27.7 Å². The molecule has 0 atom stereocenters. The Balaban J connectivity index is 2.06. The fraction of sp³-hybridized carbons (Fsp3) is 0.391. The average Bonchev–Trinajstić information content (AvgIpc) is 2.67. The lowest BCUT2D eigenvalue weighted by Crippen LogP contribution is -2.25. The van der Waals surface area contributed by atoms with Gasteiger partial charge in [0.1, 0.15) is 0 Å². The van der Waals surface area contributed by atoms with Gasteiger partial charge < -0.3 is 4.90 Å². The Morgan fingerprint density at radius 1 is 0.778 bits per heavy atom. The van der Waals surface area contributed by atoms with Gasteiger partial charge in [0.05, 0.1) is 4.90 Å². The first-order valence-electron chi connectivity index (χ1n) is 9.77. The van der Waals surface area contributed by atoms with Gasteiger partial charge in [-0.2, -0.15) is 0 Å². The number of benzene rings is 2. The van der Waals surface area contributed by atoms with Gasteiger partial charge in [0.25, 0.3) is 0 Å². The van der Waals surface area contributed by atoms with E-state index in [2.05, 4.69) is 49.1 Å². The lowest BCUT2D eigenvalue weighted by Gasteiger charge is -2.24. The quantitative estimate of drug-likeness (QED) is 0.495. The summed E-state index contributed by atoms with van der Waals surface area (Å²) >= 11 is 0. The highest BCUT2D eigenvalue weighted by molar-refractivity contribution is 7.90. The average molecular weight is 386 g/mol. The van der Waals surface area contributed by atoms with Gasteiger partial charge in [-0.1, -0.05) is 63.1 Å². The second kappa shape index (κ2) is 10.3. The molecular formula is C23H31NO2S. The predicted molar refractivity (Wildman–Crippen MR) is 117 cm³/mol. The first-order chi connectivity index (χ1) is 12.9. The standard InChI is InChI=1S/C23H31NO2S/c1-4-6-18-24(19-7-5-2)22-14-10-20(11-15-22)8-9-21-12-16-23(17-13-21)27(3,25)26/h8-17H,4-7,18-19H2,1-3H3/b9-8+. The summed E-state index contributed by atoms with van der Waals surface area (Å²) in [6.07, 6.45) is 10.1. The van der Waals surface area contributed by atoms with Crippen LogP contribution in [-0.2, 0) is 9.84 Å². The number of hydrogen-bond acceptors (Lipinski definition) is 3. The number of anilines is 1. The third-order valence-corrected chi connectivity index (χ3v) is 5.73. The van der Waals surface area contributed by atoms with Crippen LogP contribution in [0.1, 0.15) is 50.7 Å². The molecule has 0 unspecified atom stereocenters. The molecule has 0 aliphatic heterocycles. The Morgan fingerprint density at radius 3 is 1.63 bits per heavy atom. The van der Waals surface area contributed by atoms with E-state index < -0.39 is 9.84 Å². The topological polar surface area (TPSA) is 37.4 Å². The minimum absolute atomic E-state index is 0.350. The lowest BCUT2D eigenvalue weighted by molar-refractivity contribution is 0.602. The van der Waals surface area contributed by atoms with E-state index in [1.807, 2.05) is 18.2 Å². The Bertz CT molecular complexity index is 814. The third-order valence-electron chi connectivity index (χ3n) is 4.60. The first-order valence-corrected chi connectivity index (χ1v) is 11.7. The maximum atomic E-state index is 11.5. The number of hydrogen-bond donors (Lipinski definition) is 0. The third kappa shape index (κ3) is 6.87. The van der Waals surface area contributed by atoms with E-state index >= 15 is 0 Å². The van der Waals surface area contributed by atoms with Crippen molar-refractivity contribution in [3.63, 3.8) is 0 Å². The zero-order valence-electron chi connectivity index (χ0n) is 16.7. The second-order valence-electron chi connectivity index (χ2n) is 6.96. The fourth-order valence-corrected chi connectivity index (χ4v) is 3.51. The molecule has 146 valence electrons. The lowest BCUT2D eigenvalue weighted by atomic mass is 10.1. The van der Waals surface area contributed by atoms with E-state index in [1.165, 1.54) is 37.6 Å². The molecule has 0 saturated carbocycles. The van der Waals surface area contributed by atoms with Gasteiger partial charge in [-0.15, -0.1) is 0 Å². The molecule has 0 spiro atoms. The van der Waals surface area contributed by atoms with Gasteiger partial charge in [0.2, 0.25) is 0 Å². The van der Waals surface area contributed by atoms with Gasteiger partial charge in [-0.25, -0.2) is 8.42 Å². The number of sulfone groups is 1. The van der Waals surface area contributed by atoms with Crippen LogP contribution in [0.3, 0.4) is 0 Å². The van der Waals surface area contributed by atoms with E-state index in [9.17, 15) is 8.42 Å². The van der Waals surface area contributed by atoms with Crippen molar-refractivity contribution in [2.75, 3.05) is 24.2 Å². The van der Waals surface area contributed by atoms with Crippen molar-refractivity contribution in [2.24, 2.45) is 0 Å². The van der Waals surface area contributed by atoms with Gasteiger partial charge in [0, 0.05) is 25.0 Å². The zero-order chi connectivity index (χ0) is 19.7. The first kappa shape index (κ1) is 21.2. The van der Waals surface area contributed by atoms with Crippen molar-refractivity contribution in [1.82, 2.24) is 0 Å². The summed E-state index contributed by atoms with van der Waals surface area (Å²) < 4.78 is 23.0. The van der Waals surface area contributed by atoms with Crippen LogP contribution in [0, 0.1) is 0 Å². The minimum atomic E-state index is -3.14. The summed E-state index contributed by atoms with van der Waals surface area (Å²) in [5.41, 5.74) is 3.41. The van der Waals surface area contributed by atoms with Crippen molar-refractivity contribution in [3.8, 4) is 0 Å². The summed E-state index contributed by atoms with van der Waals surface area (Å²) in [6.45, 7) is 6.68. The van der Waals surface area contributed by atoms with Crippen molar-refractivity contribution in [1.29, 1.82) is 0 Å². The summed E-state index contributed by atoms with van der Waals surface area (Å²) in [5, 5.41) is 0. The van der Waals surface area contributed by atoms with E-state index in [1.54, 1.807) is 12.1 Å². The van der Waals surface area contributed by atoms with E-state index in [-0.39, 0.29) is 0 Å². The SMILES string of the molecule is CCCCN(CCCC)c1ccc(/C=C/c2ccc(S(C)(=O)=O)cc2)cc1. The Labute approximate surface area is 164 Å². The van der Waals surface area contributed by atoms with Gasteiger partial charge in [-0.05, 0) is 48.2 Å². The monoisotopic (exact) mass is 385 g/mol. The highest BCUT2D eigenvalue weighted by Crippen LogP contribution is 2.19. The molecule has 4 heteroatoms. The molecule has 0 aromatic heterocycles. The molecule has 2 aromatic carbocycles. The second-order valence-corrected chi connectivity index (χ2v) is 8.98. The molecule has 3 nitrogen and oxygen atoms in total. The van der Waals surface area contributed by atoms with E-state index in [0.29, 0.717) is 4.90 Å². The van der Waals surface area contributed by atoms with Gasteiger partial charge in [-0.3, -0.25) is 0 Å². The summed E-state index contributed by atoms with van der Waals surface area (Å²) in [6, 6.07) is 15.6. The van der Waals surface area contributed by atoms with E-state index in [0.717, 1.165) is 24.2 Å². The number of unbranched alkanes of at least 4 members (excludes halogenated alkanes) is 2. The molecule has 27 heavy (non-hydrogen) atoms. The van der Waals surface area contributed by atoms with Crippen LogP contribution in [-0.4, -0.2) is 27.8 Å². The molecule has 0 bridgehead atoms. The van der Waals surface area contributed by atoms with Crippen LogP contribution in [0.5, 0.6) is 0 Å². The predicted octanol–water partition coefficient (Wildman–Crippen LogP) is 5.67. The fourth-order valence-electron chi connectivity index (χ4n) is 2.88. The van der Waals surface area contributed by atoms with E-state index in [4.69, 9.17) is 0 Å². The van der Waals surface area contributed by atoms with Crippen LogP contribution in [0.25, 0.3) is 12.2 Å². The maximum absolute atomic E-state index is 11.5. The highest BCUT2D eigenvalue weighted by atomic mass is 32.2. The molecule has 0 heterocycles. The molecular weight excluding hydrogens is 354 g/mol. The van der Waals surface area contributed by atoms with Crippen LogP contribution in [0.15, 0.2) is 53.4 Å². The Kier molecular flexibility index (Phi) is 8.11. The normalized spacial score (nSPS) is 11.8. The minimum Gasteiger partial charge on any atom is -0.372 e. The summed E-state index contributed by atoms with van der Waals surface area (Å²) in [7, 11) is -3.14. The van der Waals surface area contributed by atoms with Gasteiger partial charge in [0.15, 0.2) is 9.84 Å². The molecule has 0 saturated heterocycles. The summed E-state index contributed by atoms with van der Waals surface area (Å²) in [5.74, 6) is 0. The van der Waals surface area contributed by atoms with Crippen LogP contribution in [0.2, 0.25) is 0 Å². The molecule has 0 fully saturated rings. The molecule has 0 aliphatic carbocycles. The Morgan fingerprint density at radius 2 is 1.22 bits per heavy atom. The molecule has 2 rings (SSSR count). The number of nitrogens with zero attached hydrogens (tertiary/aromatic N) is 1. The van der Waals surface area contributed by atoms with Crippen molar-refractivity contribution in [2.45, 2.75) is 44.4 Å². The molecule has 0 amide bonds. The number of rotatable bonds is 10. The summed E-state index contributed by atoms with van der Waals surface area (Å²) in [4.78, 5) is 2.83. The molecule has 2 aromatic rings. The van der Waals surface area contributed by atoms with Crippen molar-refractivity contribution < 1.29 is 8.42 Å². The van der Waals surface area contributed by atoms with Crippen LogP contribution in [0.4, 0.5) is 5.69 Å². The van der Waals surface area contributed by atoms with Gasteiger partial charge >= 0.3 is 0 Å². The Hall–Kier alpha value is -2.07. The molecule has 0 N–H and O–H groups in total.